The lowest BCUT2D eigenvalue weighted by Crippen LogP contribution is -2.45. The molecular weight excluding hydrogens is 218 g/mol. The highest BCUT2D eigenvalue weighted by Gasteiger charge is 2.45. The minimum absolute atomic E-state index is 0.801. The van der Waals surface area contributed by atoms with Crippen LogP contribution in [-0.2, 0) is 0 Å². The molecule has 0 aromatic carbocycles. The summed E-state index contributed by atoms with van der Waals surface area (Å²) in [6.07, 6.45) is 11.9. The third-order valence-electron chi connectivity index (χ3n) is 5.43. The van der Waals surface area contributed by atoms with Crippen LogP contribution in [0.2, 0.25) is 0 Å². The first-order valence-electron chi connectivity index (χ1n) is 8.25. The zero-order valence-corrected chi connectivity index (χ0v) is 13.0. The largest absolute Gasteiger partial charge is 0.303 e. The summed E-state index contributed by atoms with van der Waals surface area (Å²) in [6.45, 7) is 8.28. The summed E-state index contributed by atoms with van der Waals surface area (Å²) in [5.74, 6) is 1.89. The highest BCUT2D eigenvalue weighted by Crippen LogP contribution is 2.56. The van der Waals surface area contributed by atoms with Gasteiger partial charge < -0.3 is 4.90 Å². The minimum Gasteiger partial charge on any atom is -0.303 e. The van der Waals surface area contributed by atoms with E-state index in [1.807, 2.05) is 0 Å². The standard InChI is InChI=1S/C17H33N/c1-5-6-15-11-17(12-15)9-7-16(8-10-17)18(4)13-14(2)3/h14-16H,5-13H2,1-4H3. The zero-order valence-electron chi connectivity index (χ0n) is 13.0. The molecule has 2 aliphatic rings. The van der Waals surface area contributed by atoms with Crippen LogP contribution in [0.25, 0.3) is 0 Å². The molecule has 0 aliphatic heterocycles. The molecule has 0 heterocycles. The highest BCUT2D eigenvalue weighted by molar-refractivity contribution is 4.97. The van der Waals surface area contributed by atoms with E-state index in [0.29, 0.717) is 0 Å². The normalized spacial score (nSPS) is 36.3. The van der Waals surface area contributed by atoms with Gasteiger partial charge >= 0.3 is 0 Å². The molecule has 0 bridgehead atoms. The Morgan fingerprint density at radius 1 is 1.17 bits per heavy atom. The second-order valence-corrected chi connectivity index (χ2v) is 7.63. The van der Waals surface area contributed by atoms with Crippen molar-refractivity contribution < 1.29 is 0 Å². The molecule has 0 unspecified atom stereocenters. The summed E-state index contributed by atoms with van der Waals surface area (Å²) in [6, 6.07) is 0.878. The van der Waals surface area contributed by atoms with E-state index >= 15 is 0 Å². The third kappa shape index (κ3) is 3.29. The fraction of sp³-hybridized carbons (Fsp3) is 1.00. The lowest BCUT2D eigenvalue weighted by atomic mass is 9.54. The number of hydrogen-bond acceptors (Lipinski definition) is 1. The fourth-order valence-corrected chi connectivity index (χ4v) is 4.57. The molecule has 0 amide bonds. The molecule has 106 valence electrons. The minimum atomic E-state index is 0.801. The van der Waals surface area contributed by atoms with Gasteiger partial charge in [0.25, 0.3) is 0 Å². The van der Waals surface area contributed by atoms with Crippen molar-refractivity contribution >= 4 is 0 Å². The average molecular weight is 251 g/mol. The fourth-order valence-electron chi connectivity index (χ4n) is 4.57. The van der Waals surface area contributed by atoms with Gasteiger partial charge in [-0.3, -0.25) is 0 Å². The lowest BCUT2D eigenvalue weighted by molar-refractivity contribution is -0.0133. The van der Waals surface area contributed by atoms with E-state index in [1.165, 1.54) is 45.1 Å². The Hall–Kier alpha value is -0.0400. The van der Waals surface area contributed by atoms with Crippen LogP contribution < -0.4 is 0 Å². The van der Waals surface area contributed by atoms with Crippen molar-refractivity contribution in [3.05, 3.63) is 0 Å². The third-order valence-corrected chi connectivity index (χ3v) is 5.43. The Bertz CT molecular complexity index is 242. The van der Waals surface area contributed by atoms with E-state index in [0.717, 1.165) is 23.3 Å². The Balaban J connectivity index is 1.72. The monoisotopic (exact) mass is 251 g/mol. The average Bonchev–Trinajstić information content (AvgIpc) is 2.27. The molecule has 2 aliphatic carbocycles. The van der Waals surface area contributed by atoms with E-state index in [-0.39, 0.29) is 0 Å². The Kier molecular flexibility index (Phi) is 4.75. The van der Waals surface area contributed by atoms with Crippen LogP contribution in [0.5, 0.6) is 0 Å². The van der Waals surface area contributed by atoms with Gasteiger partial charge in [-0.2, -0.15) is 0 Å². The molecule has 2 rings (SSSR count). The van der Waals surface area contributed by atoms with Gasteiger partial charge in [-0.15, -0.1) is 0 Å². The SMILES string of the molecule is CCCC1CC2(CCC(N(C)CC(C)C)CC2)C1. The van der Waals surface area contributed by atoms with Crippen molar-refractivity contribution in [3.8, 4) is 0 Å². The van der Waals surface area contributed by atoms with Gasteiger partial charge in [0.05, 0.1) is 0 Å². The molecule has 1 nitrogen and oxygen atoms in total. The topological polar surface area (TPSA) is 3.24 Å². The summed E-state index contributed by atoms with van der Waals surface area (Å²) >= 11 is 0. The maximum Gasteiger partial charge on any atom is 0.00927 e. The molecule has 0 aromatic rings. The molecule has 0 atom stereocenters. The summed E-state index contributed by atoms with van der Waals surface area (Å²) in [5, 5.41) is 0. The van der Waals surface area contributed by atoms with E-state index < -0.39 is 0 Å². The van der Waals surface area contributed by atoms with Crippen LogP contribution in [0.15, 0.2) is 0 Å². The predicted molar refractivity (Wildman–Crippen MR) is 79.8 cm³/mol. The molecule has 2 fully saturated rings. The number of hydrogen-bond donors (Lipinski definition) is 0. The lowest BCUT2D eigenvalue weighted by Gasteiger charge is -2.53. The molecule has 18 heavy (non-hydrogen) atoms. The number of rotatable bonds is 5. The van der Waals surface area contributed by atoms with Gasteiger partial charge in [0, 0.05) is 12.6 Å². The molecule has 0 radical (unpaired) electrons. The van der Waals surface area contributed by atoms with E-state index in [1.54, 1.807) is 12.8 Å². The van der Waals surface area contributed by atoms with Gasteiger partial charge in [0.15, 0.2) is 0 Å². The first kappa shape index (κ1) is 14.4. The molecular formula is C17H33N. The Labute approximate surface area is 114 Å². The first-order valence-corrected chi connectivity index (χ1v) is 8.25. The van der Waals surface area contributed by atoms with Crippen LogP contribution in [-0.4, -0.2) is 24.5 Å². The molecule has 1 heteroatoms. The van der Waals surface area contributed by atoms with Crippen molar-refractivity contribution in [1.82, 2.24) is 4.90 Å². The van der Waals surface area contributed by atoms with Crippen molar-refractivity contribution in [2.45, 2.75) is 78.2 Å². The van der Waals surface area contributed by atoms with Crippen LogP contribution >= 0.6 is 0 Å². The van der Waals surface area contributed by atoms with E-state index in [9.17, 15) is 0 Å². The van der Waals surface area contributed by atoms with E-state index in [4.69, 9.17) is 0 Å². The Morgan fingerprint density at radius 2 is 1.78 bits per heavy atom. The van der Waals surface area contributed by atoms with Crippen LogP contribution in [0.3, 0.4) is 0 Å². The maximum absolute atomic E-state index is 2.62. The molecule has 1 spiro atoms. The van der Waals surface area contributed by atoms with Crippen molar-refractivity contribution in [2.24, 2.45) is 17.3 Å². The summed E-state index contributed by atoms with van der Waals surface area (Å²) in [7, 11) is 2.34. The summed E-state index contributed by atoms with van der Waals surface area (Å²) < 4.78 is 0. The van der Waals surface area contributed by atoms with Crippen molar-refractivity contribution in [1.29, 1.82) is 0 Å². The zero-order chi connectivity index (χ0) is 13.2. The Morgan fingerprint density at radius 3 is 2.28 bits per heavy atom. The highest BCUT2D eigenvalue weighted by atomic mass is 15.1. The van der Waals surface area contributed by atoms with Crippen molar-refractivity contribution in [3.63, 3.8) is 0 Å². The van der Waals surface area contributed by atoms with Crippen LogP contribution in [0.1, 0.15) is 72.1 Å². The van der Waals surface area contributed by atoms with Crippen LogP contribution in [0.4, 0.5) is 0 Å². The molecule has 0 saturated heterocycles. The first-order chi connectivity index (χ1) is 8.54. The van der Waals surface area contributed by atoms with Crippen molar-refractivity contribution in [2.75, 3.05) is 13.6 Å². The van der Waals surface area contributed by atoms with Gasteiger partial charge in [-0.1, -0.05) is 33.6 Å². The van der Waals surface area contributed by atoms with Gasteiger partial charge in [0.2, 0.25) is 0 Å². The van der Waals surface area contributed by atoms with Gasteiger partial charge in [-0.25, -0.2) is 0 Å². The predicted octanol–water partition coefficient (Wildman–Crippen LogP) is 4.71. The smallest absolute Gasteiger partial charge is 0.00927 e. The number of nitrogens with zero attached hydrogens (tertiary/aromatic N) is 1. The molecule has 2 saturated carbocycles. The second kappa shape index (κ2) is 5.94. The van der Waals surface area contributed by atoms with Gasteiger partial charge in [0.1, 0.15) is 0 Å². The summed E-state index contributed by atoms with van der Waals surface area (Å²) in [5.41, 5.74) is 0.801. The molecule has 0 N–H and O–H groups in total. The van der Waals surface area contributed by atoms with E-state index in [2.05, 4.69) is 32.7 Å². The maximum atomic E-state index is 2.62. The van der Waals surface area contributed by atoms with Crippen LogP contribution in [0, 0.1) is 17.3 Å². The molecule has 0 aromatic heterocycles. The summed E-state index contributed by atoms with van der Waals surface area (Å²) in [4.78, 5) is 2.62. The second-order valence-electron chi connectivity index (χ2n) is 7.63. The van der Waals surface area contributed by atoms with Gasteiger partial charge in [-0.05, 0) is 62.8 Å². The quantitative estimate of drug-likeness (QED) is 0.684.